The van der Waals surface area contributed by atoms with Crippen LogP contribution in [-0.4, -0.2) is 11.6 Å². The fourth-order valence-electron chi connectivity index (χ4n) is 2.51. The predicted octanol–water partition coefficient (Wildman–Crippen LogP) is 3.24. The molecule has 0 aromatic heterocycles. The van der Waals surface area contributed by atoms with Crippen LogP contribution in [0.5, 0.6) is 0 Å². The second kappa shape index (κ2) is 4.53. The first kappa shape index (κ1) is 12.5. The molecule has 0 radical (unpaired) electrons. The molecule has 0 spiro atoms. The first-order valence-electron chi connectivity index (χ1n) is 6.08. The molecule has 1 aliphatic rings. The summed E-state index contributed by atoms with van der Waals surface area (Å²) in [4.78, 5) is 0. The van der Waals surface area contributed by atoms with Crippen molar-refractivity contribution in [2.24, 2.45) is 5.41 Å². The highest BCUT2D eigenvalue weighted by molar-refractivity contribution is 5.09. The Morgan fingerprint density at radius 2 is 1.80 bits per heavy atom. The number of hydrogen-bond acceptors (Lipinski definition) is 2. The summed E-state index contributed by atoms with van der Waals surface area (Å²) in [5, 5.41) is 12.8. The Labute approximate surface area is 94.1 Å². The van der Waals surface area contributed by atoms with Crippen LogP contribution in [0, 0.1) is 16.7 Å². The van der Waals surface area contributed by atoms with Crippen LogP contribution in [0.1, 0.15) is 59.8 Å². The van der Waals surface area contributed by atoms with Gasteiger partial charge in [-0.1, -0.05) is 20.3 Å². The molecule has 1 N–H and O–H groups in total. The van der Waals surface area contributed by atoms with Gasteiger partial charge in [-0.05, 0) is 44.9 Å². The van der Waals surface area contributed by atoms with Crippen molar-refractivity contribution in [3.8, 4) is 6.07 Å². The highest BCUT2D eigenvalue weighted by atomic mass is 15.0. The van der Waals surface area contributed by atoms with Gasteiger partial charge in [0.1, 0.15) is 5.54 Å². The minimum atomic E-state index is -0.262. The summed E-state index contributed by atoms with van der Waals surface area (Å²) < 4.78 is 0. The molecule has 2 heteroatoms. The summed E-state index contributed by atoms with van der Waals surface area (Å²) in [7, 11) is 0. The maximum Gasteiger partial charge on any atom is 0.106 e. The van der Waals surface area contributed by atoms with Crippen molar-refractivity contribution in [1.82, 2.24) is 5.32 Å². The maximum atomic E-state index is 9.37. The lowest BCUT2D eigenvalue weighted by Gasteiger charge is -2.29. The van der Waals surface area contributed by atoms with Crippen molar-refractivity contribution in [2.45, 2.75) is 71.4 Å². The van der Waals surface area contributed by atoms with Gasteiger partial charge in [0.05, 0.1) is 6.07 Å². The zero-order valence-electron chi connectivity index (χ0n) is 10.6. The summed E-state index contributed by atoms with van der Waals surface area (Å²) in [6, 6.07) is 2.91. The number of hydrogen-bond donors (Lipinski definition) is 1. The Morgan fingerprint density at radius 1 is 1.13 bits per heavy atom. The zero-order valence-corrected chi connectivity index (χ0v) is 10.6. The van der Waals surface area contributed by atoms with Crippen molar-refractivity contribution in [1.29, 1.82) is 5.26 Å². The quantitative estimate of drug-likeness (QED) is 0.707. The van der Waals surface area contributed by atoms with Crippen molar-refractivity contribution in [2.75, 3.05) is 0 Å². The molecule has 0 heterocycles. The molecule has 0 aromatic carbocycles. The average molecular weight is 208 g/mol. The van der Waals surface area contributed by atoms with E-state index in [0.717, 1.165) is 19.3 Å². The summed E-state index contributed by atoms with van der Waals surface area (Å²) in [5.74, 6) is 0. The van der Waals surface area contributed by atoms with Gasteiger partial charge in [-0.25, -0.2) is 0 Å². The van der Waals surface area contributed by atoms with Crippen LogP contribution < -0.4 is 5.32 Å². The van der Waals surface area contributed by atoms with Crippen LogP contribution in [-0.2, 0) is 0 Å². The molecule has 0 aromatic rings. The molecule has 1 atom stereocenters. The van der Waals surface area contributed by atoms with Gasteiger partial charge < -0.3 is 0 Å². The Balaban J connectivity index is 2.71. The summed E-state index contributed by atoms with van der Waals surface area (Å²) in [6.07, 6.45) is 5.57. The first-order chi connectivity index (χ1) is 6.89. The molecule has 1 aliphatic carbocycles. The topological polar surface area (TPSA) is 35.8 Å². The second-order valence-corrected chi connectivity index (χ2v) is 6.01. The van der Waals surface area contributed by atoms with E-state index in [1.54, 1.807) is 0 Å². The van der Waals surface area contributed by atoms with Gasteiger partial charge in [0, 0.05) is 6.04 Å². The molecular weight excluding hydrogens is 184 g/mol. The fourth-order valence-corrected chi connectivity index (χ4v) is 2.51. The SMILES string of the molecule is CC(C)NC1(C#N)CCCC(C)(C)CC1. The predicted molar refractivity (Wildman–Crippen MR) is 63.5 cm³/mol. The lowest BCUT2D eigenvalue weighted by Crippen LogP contribution is -2.47. The standard InChI is InChI=1S/C13H24N2/c1-11(2)15-13(10-14)7-5-6-12(3,4)8-9-13/h11,15H,5-9H2,1-4H3. The van der Waals surface area contributed by atoms with Gasteiger partial charge in [0.2, 0.25) is 0 Å². The van der Waals surface area contributed by atoms with Gasteiger partial charge in [-0.2, -0.15) is 5.26 Å². The highest BCUT2D eigenvalue weighted by Crippen LogP contribution is 2.37. The summed E-state index contributed by atoms with van der Waals surface area (Å²) in [5.41, 5.74) is 0.152. The molecule has 86 valence electrons. The molecule has 0 bridgehead atoms. The van der Waals surface area contributed by atoms with Crippen molar-refractivity contribution in [3.63, 3.8) is 0 Å². The Kier molecular flexibility index (Phi) is 3.78. The second-order valence-electron chi connectivity index (χ2n) is 6.01. The third kappa shape index (κ3) is 3.50. The molecule has 1 unspecified atom stereocenters. The third-order valence-electron chi connectivity index (χ3n) is 3.46. The van der Waals surface area contributed by atoms with E-state index in [2.05, 4.69) is 39.1 Å². The molecule has 1 fully saturated rings. The van der Waals surface area contributed by atoms with Crippen LogP contribution in [0.25, 0.3) is 0 Å². The van der Waals surface area contributed by atoms with E-state index in [1.165, 1.54) is 12.8 Å². The van der Waals surface area contributed by atoms with Crippen LogP contribution in [0.4, 0.5) is 0 Å². The summed E-state index contributed by atoms with van der Waals surface area (Å²) in [6.45, 7) is 8.87. The molecule has 0 aliphatic heterocycles. The Hall–Kier alpha value is -0.550. The van der Waals surface area contributed by atoms with Gasteiger partial charge in [-0.15, -0.1) is 0 Å². The smallest absolute Gasteiger partial charge is 0.106 e. The highest BCUT2D eigenvalue weighted by Gasteiger charge is 2.35. The average Bonchev–Trinajstić information content (AvgIpc) is 2.26. The number of nitrogens with zero attached hydrogens (tertiary/aromatic N) is 1. The Bertz CT molecular complexity index is 250. The fraction of sp³-hybridized carbons (Fsp3) is 0.923. The van der Waals surface area contributed by atoms with Crippen LogP contribution >= 0.6 is 0 Å². The van der Waals surface area contributed by atoms with Gasteiger partial charge >= 0.3 is 0 Å². The van der Waals surface area contributed by atoms with E-state index in [1.807, 2.05) is 0 Å². The third-order valence-corrected chi connectivity index (χ3v) is 3.46. The minimum Gasteiger partial charge on any atom is -0.297 e. The van der Waals surface area contributed by atoms with E-state index in [-0.39, 0.29) is 5.54 Å². The molecule has 15 heavy (non-hydrogen) atoms. The van der Waals surface area contributed by atoms with Crippen molar-refractivity contribution < 1.29 is 0 Å². The largest absolute Gasteiger partial charge is 0.297 e. The maximum absolute atomic E-state index is 9.37. The molecule has 2 nitrogen and oxygen atoms in total. The van der Waals surface area contributed by atoms with Crippen LogP contribution in [0.15, 0.2) is 0 Å². The normalized spacial score (nSPS) is 30.9. The molecule has 1 saturated carbocycles. The van der Waals surface area contributed by atoms with E-state index in [4.69, 9.17) is 0 Å². The van der Waals surface area contributed by atoms with Gasteiger partial charge in [0.15, 0.2) is 0 Å². The van der Waals surface area contributed by atoms with Gasteiger partial charge in [-0.3, -0.25) is 5.32 Å². The lowest BCUT2D eigenvalue weighted by atomic mass is 9.83. The Morgan fingerprint density at radius 3 is 2.33 bits per heavy atom. The van der Waals surface area contributed by atoms with E-state index >= 15 is 0 Å². The van der Waals surface area contributed by atoms with Crippen molar-refractivity contribution in [3.05, 3.63) is 0 Å². The number of nitrogens with one attached hydrogen (secondary N) is 1. The van der Waals surface area contributed by atoms with Crippen LogP contribution in [0.3, 0.4) is 0 Å². The van der Waals surface area contributed by atoms with Crippen molar-refractivity contribution >= 4 is 0 Å². The van der Waals surface area contributed by atoms with E-state index in [9.17, 15) is 5.26 Å². The molecule has 0 saturated heterocycles. The minimum absolute atomic E-state index is 0.262. The molecular formula is C13H24N2. The van der Waals surface area contributed by atoms with Crippen LogP contribution in [0.2, 0.25) is 0 Å². The van der Waals surface area contributed by atoms with Gasteiger partial charge in [0.25, 0.3) is 0 Å². The van der Waals surface area contributed by atoms with E-state index < -0.39 is 0 Å². The molecule has 1 rings (SSSR count). The van der Waals surface area contributed by atoms with E-state index in [0.29, 0.717) is 11.5 Å². The molecule has 0 amide bonds. The summed E-state index contributed by atoms with van der Waals surface area (Å²) >= 11 is 0. The first-order valence-corrected chi connectivity index (χ1v) is 6.08. The lowest BCUT2D eigenvalue weighted by molar-refractivity contribution is 0.291. The number of rotatable bonds is 2. The number of nitriles is 1. The monoisotopic (exact) mass is 208 g/mol. The zero-order chi connectivity index (χ0) is 11.5.